The van der Waals surface area contributed by atoms with Gasteiger partial charge in [-0.2, -0.15) is 5.10 Å². The summed E-state index contributed by atoms with van der Waals surface area (Å²) in [6.45, 7) is 6.01. The fourth-order valence-corrected chi connectivity index (χ4v) is 3.12. The van der Waals surface area contributed by atoms with Crippen molar-refractivity contribution < 1.29 is 4.79 Å². The van der Waals surface area contributed by atoms with E-state index in [9.17, 15) is 4.79 Å². The maximum absolute atomic E-state index is 12.5. The molecule has 120 valence electrons. The molecule has 21 heavy (non-hydrogen) atoms. The molecular formula is C15H27ClN4O. The zero-order valence-corrected chi connectivity index (χ0v) is 14.2. The highest BCUT2D eigenvalue weighted by atomic mass is 35.5. The van der Waals surface area contributed by atoms with Crippen LogP contribution in [0.3, 0.4) is 0 Å². The number of nitrogens with one attached hydrogen (secondary N) is 1. The van der Waals surface area contributed by atoms with Gasteiger partial charge in [-0.3, -0.25) is 9.48 Å². The number of nitrogens with zero attached hydrogens (tertiary/aromatic N) is 2. The minimum atomic E-state index is -0.383. The Hall–Kier alpha value is -1.07. The van der Waals surface area contributed by atoms with Crippen LogP contribution < -0.4 is 11.1 Å². The number of rotatable bonds is 3. The van der Waals surface area contributed by atoms with Gasteiger partial charge in [0.2, 0.25) is 5.91 Å². The molecule has 1 heterocycles. The molecule has 1 saturated carbocycles. The average molecular weight is 315 g/mol. The summed E-state index contributed by atoms with van der Waals surface area (Å²) in [5.41, 5.74) is 8.06. The Morgan fingerprint density at radius 2 is 2.24 bits per heavy atom. The van der Waals surface area contributed by atoms with Crippen LogP contribution in [0.2, 0.25) is 0 Å². The first-order chi connectivity index (χ1) is 9.33. The van der Waals surface area contributed by atoms with Crippen LogP contribution in [0.5, 0.6) is 0 Å². The Morgan fingerprint density at radius 1 is 1.57 bits per heavy atom. The van der Waals surface area contributed by atoms with Gasteiger partial charge in [0.1, 0.15) is 0 Å². The summed E-state index contributed by atoms with van der Waals surface area (Å²) in [7, 11) is 1.91. The first-order valence-electron chi connectivity index (χ1n) is 7.40. The first kappa shape index (κ1) is 18.0. The topological polar surface area (TPSA) is 72.9 Å². The average Bonchev–Trinajstić information content (AvgIpc) is 2.69. The van der Waals surface area contributed by atoms with Gasteiger partial charge in [0.25, 0.3) is 0 Å². The van der Waals surface area contributed by atoms with E-state index >= 15 is 0 Å². The zero-order chi connectivity index (χ0) is 14.9. The predicted molar refractivity (Wildman–Crippen MR) is 86.3 cm³/mol. The molecular weight excluding hydrogens is 288 g/mol. The molecule has 0 bridgehead atoms. The van der Waals surface area contributed by atoms with Gasteiger partial charge >= 0.3 is 0 Å². The van der Waals surface area contributed by atoms with Gasteiger partial charge in [-0.1, -0.05) is 12.8 Å². The molecule has 3 atom stereocenters. The molecule has 0 saturated heterocycles. The Kier molecular flexibility index (Phi) is 5.82. The maximum Gasteiger partial charge on any atom is 0.225 e. The molecule has 5 nitrogen and oxygen atoms in total. The quantitative estimate of drug-likeness (QED) is 0.898. The summed E-state index contributed by atoms with van der Waals surface area (Å²) in [4.78, 5) is 12.5. The molecule has 1 aliphatic carbocycles. The second-order valence-corrected chi connectivity index (χ2v) is 6.34. The molecule has 1 fully saturated rings. The molecule has 1 aromatic rings. The van der Waals surface area contributed by atoms with Gasteiger partial charge in [-0.15, -0.1) is 12.4 Å². The summed E-state index contributed by atoms with van der Waals surface area (Å²) in [5.74, 6) is -0.0128. The van der Waals surface area contributed by atoms with E-state index in [4.69, 9.17) is 5.73 Å². The summed E-state index contributed by atoms with van der Waals surface area (Å²) in [6, 6.07) is -0.0334. The summed E-state index contributed by atoms with van der Waals surface area (Å²) < 4.78 is 1.83. The zero-order valence-electron chi connectivity index (χ0n) is 13.3. The van der Waals surface area contributed by atoms with Crippen LogP contribution in [0.15, 0.2) is 6.20 Å². The van der Waals surface area contributed by atoms with Crippen LogP contribution in [-0.2, 0) is 11.8 Å². The second kappa shape index (κ2) is 6.79. The maximum atomic E-state index is 12.5. The number of nitrogens with two attached hydrogens (primary N) is 1. The van der Waals surface area contributed by atoms with Crippen LogP contribution in [0.4, 0.5) is 0 Å². The second-order valence-electron chi connectivity index (χ2n) is 6.34. The highest BCUT2D eigenvalue weighted by Crippen LogP contribution is 2.32. The van der Waals surface area contributed by atoms with Crippen molar-refractivity contribution in [2.45, 2.75) is 58.0 Å². The van der Waals surface area contributed by atoms with Crippen LogP contribution in [0.1, 0.15) is 56.8 Å². The van der Waals surface area contributed by atoms with Gasteiger partial charge in [0.05, 0.1) is 18.2 Å². The number of aryl methyl sites for hydroxylation is 1. The number of halogens is 1. The number of hydrogen-bond donors (Lipinski definition) is 2. The molecule has 0 aromatic carbocycles. The largest absolute Gasteiger partial charge is 0.349 e. The van der Waals surface area contributed by atoms with Gasteiger partial charge in [0, 0.05) is 23.8 Å². The first-order valence-corrected chi connectivity index (χ1v) is 7.40. The lowest BCUT2D eigenvalue weighted by molar-refractivity contribution is -0.128. The van der Waals surface area contributed by atoms with E-state index in [1.807, 2.05) is 38.7 Å². The van der Waals surface area contributed by atoms with E-state index < -0.39 is 0 Å². The van der Waals surface area contributed by atoms with Crippen molar-refractivity contribution in [1.82, 2.24) is 15.1 Å². The highest BCUT2D eigenvalue weighted by molar-refractivity contribution is 5.85. The van der Waals surface area contributed by atoms with Gasteiger partial charge in [-0.25, -0.2) is 0 Å². The molecule has 1 aliphatic rings. The van der Waals surface area contributed by atoms with E-state index in [1.54, 1.807) is 0 Å². The molecule has 1 amide bonds. The predicted octanol–water partition coefficient (Wildman–Crippen LogP) is 2.24. The van der Waals surface area contributed by atoms with Crippen molar-refractivity contribution in [1.29, 1.82) is 0 Å². The molecule has 3 unspecified atom stereocenters. The Labute approximate surface area is 133 Å². The van der Waals surface area contributed by atoms with E-state index in [2.05, 4.69) is 10.4 Å². The van der Waals surface area contributed by atoms with Crippen LogP contribution in [-0.4, -0.2) is 21.2 Å². The minimum Gasteiger partial charge on any atom is -0.349 e. The third-order valence-corrected chi connectivity index (χ3v) is 4.67. The fourth-order valence-electron chi connectivity index (χ4n) is 3.12. The molecule has 1 aromatic heterocycles. The molecule has 3 N–H and O–H groups in total. The number of amides is 1. The van der Waals surface area contributed by atoms with E-state index in [-0.39, 0.29) is 35.8 Å². The van der Waals surface area contributed by atoms with Gasteiger partial charge < -0.3 is 11.1 Å². The van der Waals surface area contributed by atoms with Crippen molar-refractivity contribution in [2.75, 3.05) is 0 Å². The SMILES string of the molecule is Cc1c(C(C)NC(=O)C2CCCCC2(C)N)cnn1C.Cl. The monoisotopic (exact) mass is 314 g/mol. The minimum absolute atomic E-state index is 0. The summed E-state index contributed by atoms with van der Waals surface area (Å²) >= 11 is 0. The fraction of sp³-hybridized carbons (Fsp3) is 0.733. The van der Waals surface area contributed by atoms with E-state index in [1.165, 1.54) is 0 Å². The van der Waals surface area contributed by atoms with E-state index in [0.29, 0.717) is 0 Å². The van der Waals surface area contributed by atoms with Crippen molar-refractivity contribution in [3.05, 3.63) is 17.5 Å². The lowest BCUT2D eigenvalue weighted by Gasteiger charge is -2.37. The number of carbonyl (C=O) groups excluding carboxylic acids is 1. The van der Waals surface area contributed by atoms with Crippen molar-refractivity contribution >= 4 is 18.3 Å². The molecule has 2 rings (SSSR count). The standard InChI is InChI=1S/C15H26N4O.ClH/c1-10(12-9-17-19(4)11(12)2)18-14(20)13-7-5-6-8-15(13,3)16;/h9-10,13H,5-8,16H2,1-4H3,(H,18,20);1H. The van der Waals surface area contributed by atoms with Crippen LogP contribution in [0, 0.1) is 12.8 Å². The number of carbonyl (C=O) groups is 1. The Bertz CT molecular complexity index is 498. The van der Waals surface area contributed by atoms with Crippen LogP contribution in [0.25, 0.3) is 0 Å². The molecule has 0 aliphatic heterocycles. The van der Waals surface area contributed by atoms with Crippen molar-refractivity contribution in [3.8, 4) is 0 Å². The molecule has 6 heteroatoms. The third kappa shape index (κ3) is 3.77. The third-order valence-electron chi connectivity index (χ3n) is 4.67. The van der Waals surface area contributed by atoms with E-state index in [0.717, 1.165) is 36.9 Å². The Morgan fingerprint density at radius 3 is 2.76 bits per heavy atom. The lowest BCUT2D eigenvalue weighted by atomic mass is 9.74. The van der Waals surface area contributed by atoms with Crippen molar-refractivity contribution in [2.24, 2.45) is 18.7 Å². The summed E-state index contributed by atoms with van der Waals surface area (Å²) in [6.07, 6.45) is 5.84. The van der Waals surface area contributed by atoms with Gasteiger partial charge in [0.15, 0.2) is 0 Å². The molecule has 0 radical (unpaired) electrons. The normalized spacial score (nSPS) is 26.8. The smallest absolute Gasteiger partial charge is 0.225 e. The number of aromatic nitrogens is 2. The Balaban J connectivity index is 0.00000220. The van der Waals surface area contributed by atoms with Crippen molar-refractivity contribution in [3.63, 3.8) is 0 Å². The van der Waals surface area contributed by atoms with Gasteiger partial charge in [-0.05, 0) is 33.6 Å². The number of hydrogen-bond acceptors (Lipinski definition) is 3. The lowest BCUT2D eigenvalue weighted by Crippen LogP contribution is -2.53. The molecule has 0 spiro atoms. The van der Waals surface area contributed by atoms with Crippen LogP contribution >= 0.6 is 12.4 Å². The summed E-state index contributed by atoms with van der Waals surface area (Å²) in [5, 5.41) is 7.33. The highest BCUT2D eigenvalue weighted by Gasteiger charge is 2.38.